The van der Waals surface area contributed by atoms with E-state index in [1.54, 1.807) is 31.3 Å². The summed E-state index contributed by atoms with van der Waals surface area (Å²) in [4.78, 5) is 10.8. The molecule has 2 aromatic rings. The van der Waals surface area contributed by atoms with E-state index in [0.717, 1.165) is 29.9 Å². The first-order valence-corrected chi connectivity index (χ1v) is 9.53. The molecule has 0 bridgehead atoms. The minimum atomic E-state index is -3.45. The Labute approximate surface area is 148 Å². The van der Waals surface area contributed by atoms with Crippen LogP contribution in [0.2, 0.25) is 0 Å². The van der Waals surface area contributed by atoms with Crippen molar-refractivity contribution in [2.45, 2.75) is 30.9 Å². The minimum Gasteiger partial charge on any atom is -0.385 e. The van der Waals surface area contributed by atoms with Gasteiger partial charge in [-0.05, 0) is 42.7 Å². The van der Waals surface area contributed by atoms with Gasteiger partial charge in [-0.25, -0.2) is 22.7 Å². The molecule has 0 amide bonds. The molecule has 3 rings (SSSR count). The Kier molecular flexibility index (Phi) is 4.77. The van der Waals surface area contributed by atoms with Gasteiger partial charge in [-0.2, -0.15) is 0 Å². The number of anilines is 1. The second kappa shape index (κ2) is 6.70. The van der Waals surface area contributed by atoms with E-state index >= 15 is 0 Å². The van der Waals surface area contributed by atoms with Gasteiger partial charge < -0.3 is 10.0 Å². The number of nitrogens with zero attached hydrogens (tertiary/aromatic N) is 4. The van der Waals surface area contributed by atoms with Crippen LogP contribution in [0.1, 0.15) is 30.0 Å². The zero-order valence-corrected chi connectivity index (χ0v) is 15.4. The van der Waals surface area contributed by atoms with Gasteiger partial charge in [0.05, 0.1) is 4.90 Å². The van der Waals surface area contributed by atoms with Crippen molar-refractivity contribution in [1.29, 1.82) is 0 Å². The van der Waals surface area contributed by atoms with E-state index in [1.165, 1.54) is 18.4 Å². The maximum absolute atomic E-state index is 12.4. The third kappa shape index (κ3) is 3.51. The van der Waals surface area contributed by atoms with Gasteiger partial charge in [0, 0.05) is 33.4 Å². The highest BCUT2D eigenvalue weighted by Gasteiger charge is 2.23. The van der Waals surface area contributed by atoms with Crippen LogP contribution in [0.25, 0.3) is 0 Å². The van der Waals surface area contributed by atoms with Gasteiger partial charge >= 0.3 is 0 Å². The SMILES string of the molecule is C[C@@H](O)c1nccc(N2CCc3ccc(S(=O)(=O)N(C)C)cc3C2)n1. The number of fused-ring (bicyclic) bond motifs is 1. The topological polar surface area (TPSA) is 86.6 Å². The van der Waals surface area contributed by atoms with Crippen molar-refractivity contribution < 1.29 is 13.5 Å². The number of aliphatic hydroxyl groups is 1. The van der Waals surface area contributed by atoms with Gasteiger partial charge in [0.15, 0.2) is 5.82 Å². The number of aromatic nitrogens is 2. The zero-order chi connectivity index (χ0) is 18.2. The summed E-state index contributed by atoms with van der Waals surface area (Å²) in [7, 11) is -0.400. The van der Waals surface area contributed by atoms with Gasteiger partial charge in [0.25, 0.3) is 0 Å². The number of benzene rings is 1. The first-order chi connectivity index (χ1) is 11.8. The third-order valence-electron chi connectivity index (χ3n) is 4.33. The maximum Gasteiger partial charge on any atom is 0.242 e. The standard InChI is InChI=1S/C17H22N4O3S/c1-12(22)17-18-8-6-16(19-17)21-9-7-13-4-5-15(10-14(13)11-21)25(23,24)20(2)3/h4-6,8,10,12,22H,7,9,11H2,1-3H3/t12-/m1/s1. The predicted molar refractivity (Wildman–Crippen MR) is 94.7 cm³/mol. The summed E-state index contributed by atoms with van der Waals surface area (Å²) < 4.78 is 25.9. The Balaban J connectivity index is 1.91. The number of rotatable bonds is 4. The molecule has 2 heterocycles. The number of sulfonamides is 1. The van der Waals surface area contributed by atoms with Crippen molar-refractivity contribution in [3.05, 3.63) is 47.4 Å². The fourth-order valence-corrected chi connectivity index (χ4v) is 3.79. The average Bonchev–Trinajstić information content (AvgIpc) is 2.60. The molecule has 0 fully saturated rings. The fraction of sp³-hybridized carbons (Fsp3) is 0.412. The number of aliphatic hydroxyl groups excluding tert-OH is 1. The zero-order valence-electron chi connectivity index (χ0n) is 14.5. The van der Waals surface area contributed by atoms with E-state index in [2.05, 4.69) is 14.9 Å². The normalized spacial score (nSPS) is 16.0. The first kappa shape index (κ1) is 17.8. The molecular weight excluding hydrogens is 340 g/mol. The molecule has 1 N–H and O–H groups in total. The Morgan fingerprint density at radius 2 is 2.00 bits per heavy atom. The van der Waals surface area contributed by atoms with Crippen molar-refractivity contribution in [3.8, 4) is 0 Å². The molecule has 0 spiro atoms. The maximum atomic E-state index is 12.4. The van der Waals surface area contributed by atoms with Crippen LogP contribution < -0.4 is 4.90 Å². The van der Waals surface area contributed by atoms with Crippen molar-refractivity contribution in [3.63, 3.8) is 0 Å². The lowest BCUT2D eigenvalue weighted by Crippen LogP contribution is -2.32. The molecule has 0 radical (unpaired) electrons. The average molecular weight is 362 g/mol. The Hall–Kier alpha value is -2.03. The molecule has 1 aliphatic heterocycles. The molecule has 25 heavy (non-hydrogen) atoms. The molecule has 1 atom stereocenters. The van der Waals surface area contributed by atoms with E-state index in [1.807, 2.05) is 6.07 Å². The molecule has 1 aromatic heterocycles. The van der Waals surface area contributed by atoms with Crippen LogP contribution in [0.3, 0.4) is 0 Å². The lowest BCUT2D eigenvalue weighted by atomic mass is 10.00. The molecule has 0 saturated carbocycles. The van der Waals surface area contributed by atoms with Gasteiger partial charge in [-0.15, -0.1) is 0 Å². The number of hydrogen-bond acceptors (Lipinski definition) is 6. The van der Waals surface area contributed by atoms with Crippen molar-refractivity contribution in [1.82, 2.24) is 14.3 Å². The number of hydrogen-bond donors (Lipinski definition) is 1. The summed E-state index contributed by atoms with van der Waals surface area (Å²) in [5, 5.41) is 9.67. The lowest BCUT2D eigenvalue weighted by Gasteiger charge is -2.30. The Morgan fingerprint density at radius 3 is 2.68 bits per heavy atom. The molecular formula is C17H22N4O3S. The monoisotopic (exact) mass is 362 g/mol. The van der Waals surface area contributed by atoms with Crippen LogP contribution in [0.15, 0.2) is 35.4 Å². The van der Waals surface area contributed by atoms with Crippen molar-refractivity contribution in [2.75, 3.05) is 25.5 Å². The largest absolute Gasteiger partial charge is 0.385 e. The summed E-state index contributed by atoms with van der Waals surface area (Å²) in [6.07, 6.45) is 1.72. The molecule has 0 unspecified atom stereocenters. The Bertz CT molecular complexity index is 881. The van der Waals surface area contributed by atoms with E-state index in [0.29, 0.717) is 17.3 Å². The van der Waals surface area contributed by atoms with Crippen LogP contribution in [0.5, 0.6) is 0 Å². The highest BCUT2D eigenvalue weighted by molar-refractivity contribution is 7.89. The predicted octanol–water partition coefficient (Wildman–Crippen LogP) is 1.34. The van der Waals surface area contributed by atoms with Gasteiger partial charge in [-0.3, -0.25) is 0 Å². The van der Waals surface area contributed by atoms with Gasteiger partial charge in [0.2, 0.25) is 10.0 Å². The van der Waals surface area contributed by atoms with E-state index in [4.69, 9.17) is 0 Å². The molecule has 134 valence electrons. The summed E-state index contributed by atoms with van der Waals surface area (Å²) >= 11 is 0. The molecule has 0 saturated heterocycles. The Morgan fingerprint density at radius 1 is 1.24 bits per heavy atom. The summed E-state index contributed by atoms with van der Waals surface area (Å²) in [5.41, 5.74) is 2.13. The fourth-order valence-electron chi connectivity index (χ4n) is 2.84. The lowest BCUT2D eigenvalue weighted by molar-refractivity contribution is 0.189. The van der Waals surface area contributed by atoms with E-state index in [9.17, 15) is 13.5 Å². The van der Waals surface area contributed by atoms with Crippen LogP contribution in [-0.4, -0.2) is 48.4 Å². The van der Waals surface area contributed by atoms with E-state index < -0.39 is 16.1 Å². The van der Waals surface area contributed by atoms with Crippen LogP contribution in [-0.2, 0) is 23.0 Å². The van der Waals surface area contributed by atoms with Gasteiger partial charge in [0.1, 0.15) is 11.9 Å². The quantitative estimate of drug-likeness (QED) is 0.883. The summed E-state index contributed by atoms with van der Waals surface area (Å²) in [5.74, 6) is 1.12. The third-order valence-corrected chi connectivity index (χ3v) is 6.14. The summed E-state index contributed by atoms with van der Waals surface area (Å²) in [6, 6.07) is 7.11. The molecule has 0 aliphatic carbocycles. The van der Waals surface area contributed by atoms with Crippen LogP contribution in [0.4, 0.5) is 5.82 Å². The molecule has 8 heteroatoms. The summed E-state index contributed by atoms with van der Waals surface area (Å²) in [6.45, 7) is 2.98. The minimum absolute atomic E-state index is 0.297. The van der Waals surface area contributed by atoms with Crippen molar-refractivity contribution in [2.24, 2.45) is 0 Å². The molecule has 1 aliphatic rings. The van der Waals surface area contributed by atoms with Gasteiger partial charge in [-0.1, -0.05) is 6.07 Å². The van der Waals surface area contributed by atoms with Crippen molar-refractivity contribution >= 4 is 15.8 Å². The van der Waals surface area contributed by atoms with E-state index in [-0.39, 0.29) is 0 Å². The smallest absolute Gasteiger partial charge is 0.242 e. The highest BCUT2D eigenvalue weighted by atomic mass is 32.2. The van der Waals surface area contributed by atoms with Crippen LogP contribution in [0, 0.1) is 0 Å². The molecule has 1 aromatic carbocycles. The second-order valence-corrected chi connectivity index (χ2v) is 8.49. The van der Waals surface area contributed by atoms with Crippen LogP contribution >= 0.6 is 0 Å². The molecule has 7 nitrogen and oxygen atoms in total. The first-order valence-electron chi connectivity index (χ1n) is 8.09. The second-order valence-electron chi connectivity index (χ2n) is 6.34. The highest BCUT2D eigenvalue weighted by Crippen LogP contribution is 2.26.